The largest absolute Gasteiger partial charge is 0.478 e. The van der Waals surface area contributed by atoms with Crippen molar-refractivity contribution in [1.29, 1.82) is 0 Å². The molecule has 196 valence electrons. The number of nitro groups is 2. The third-order valence-electron chi connectivity index (χ3n) is 6.94. The lowest BCUT2D eigenvalue weighted by molar-refractivity contribution is -0.385. The molecule has 3 aromatic carbocycles. The first-order valence-electron chi connectivity index (χ1n) is 12.2. The molecule has 1 saturated carbocycles. The van der Waals surface area contributed by atoms with Crippen LogP contribution in [0.25, 0.3) is 6.08 Å². The van der Waals surface area contributed by atoms with Crippen LogP contribution in [-0.2, 0) is 0 Å². The molecule has 11 nitrogen and oxygen atoms in total. The van der Waals surface area contributed by atoms with E-state index in [1.54, 1.807) is 30.3 Å². The van der Waals surface area contributed by atoms with E-state index < -0.39 is 27.8 Å². The van der Waals surface area contributed by atoms with Crippen LogP contribution < -0.4 is 0 Å². The number of allylic oxidation sites excluding steroid dienone is 1. The van der Waals surface area contributed by atoms with Gasteiger partial charge in [-0.2, -0.15) is 5.10 Å². The Hall–Kier alpha value is -5.19. The fourth-order valence-corrected chi connectivity index (χ4v) is 5.23. The molecule has 0 aromatic heterocycles. The zero-order chi connectivity index (χ0) is 27.7. The molecular weight excluding hydrogens is 504 g/mol. The smallest absolute Gasteiger partial charge is 0.336 e. The van der Waals surface area contributed by atoms with Gasteiger partial charge in [0, 0.05) is 30.2 Å². The second-order valence-electron chi connectivity index (χ2n) is 9.30. The lowest BCUT2D eigenvalue weighted by Crippen LogP contribution is -2.32. The number of fused-ring (bicyclic) bond motifs is 1. The number of carboxylic acids is 1. The second-order valence-corrected chi connectivity index (χ2v) is 9.30. The molecule has 1 aliphatic carbocycles. The van der Waals surface area contributed by atoms with Gasteiger partial charge in [-0.1, -0.05) is 36.4 Å². The Kier molecular flexibility index (Phi) is 6.72. The van der Waals surface area contributed by atoms with Crippen LogP contribution in [0.4, 0.5) is 11.4 Å². The number of amides is 1. The topological polar surface area (TPSA) is 156 Å². The highest BCUT2D eigenvalue weighted by Crippen LogP contribution is 2.45. The minimum atomic E-state index is -1.26. The first-order chi connectivity index (χ1) is 18.7. The number of hydrazone groups is 1. The number of aromatic carboxylic acids is 1. The van der Waals surface area contributed by atoms with Gasteiger partial charge in [0.05, 0.1) is 32.7 Å². The van der Waals surface area contributed by atoms with Gasteiger partial charge in [0.1, 0.15) is 0 Å². The summed E-state index contributed by atoms with van der Waals surface area (Å²) in [6.07, 6.45) is 3.81. The van der Waals surface area contributed by atoms with E-state index in [1.807, 2.05) is 6.08 Å². The number of carbonyl (C=O) groups is 2. The van der Waals surface area contributed by atoms with Crippen molar-refractivity contribution < 1.29 is 24.5 Å². The lowest BCUT2D eigenvalue weighted by atomic mass is 9.77. The van der Waals surface area contributed by atoms with E-state index in [1.165, 1.54) is 47.5 Å². The Morgan fingerprint density at radius 1 is 0.923 bits per heavy atom. The van der Waals surface area contributed by atoms with Gasteiger partial charge in [0.2, 0.25) is 0 Å². The van der Waals surface area contributed by atoms with E-state index in [9.17, 15) is 34.9 Å². The fourth-order valence-electron chi connectivity index (χ4n) is 5.23. The molecule has 1 amide bonds. The van der Waals surface area contributed by atoms with Crippen molar-refractivity contribution in [1.82, 2.24) is 5.01 Å². The van der Waals surface area contributed by atoms with Crippen molar-refractivity contribution >= 4 is 35.0 Å². The number of nitrogens with zero attached hydrogens (tertiary/aromatic N) is 4. The molecule has 1 fully saturated rings. The number of non-ortho nitro benzene ring substituents is 2. The maximum Gasteiger partial charge on any atom is 0.336 e. The number of nitro benzene ring substituents is 2. The average Bonchev–Trinajstić information content (AvgIpc) is 3.33. The highest BCUT2D eigenvalue weighted by atomic mass is 16.6. The molecule has 11 heteroatoms. The molecule has 3 aromatic rings. The number of rotatable bonds is 6. The molecule has 0 saturated heterocycles. The molecule has 0 unspecified atom stereocenters. The normalized spacial score (nSPS) is 19.3. The maximum absolute atomic E-state index is 13.8. The van der Waals surface area contributed by atoms with Gasteiger partial charge in [0.15, 0.2) is 0 Å². The summed E-state index contributed by atoms with van der Waals surface area (Å²) in [7, 11) is 0. The monoisotopic (exact) mass is 526 g/mol. The predicted octanol–water partition coefficient (Wildman–Crippen LogP) is 5.64. The quantitative estimate of drug-likeness (QED) is 0.322. The summed E-state index contributed by atoms with van der Waals surface area (Å²) in [6, 6.07) is 17.3. The van der Waals surface area contributed by atoms with Gasteiger partial charge < -0.3 is 5.11 Å². The van der Waals surface area contributed by atoms with Crippen molar-refractivity contribution in [2.75, 3.05) is 0 Å². The SMILES string of the molecule is O=C(O)c1ccccc1C(=O)N1N=C2/C(=C/c3cccc([N+](=O)[O-])c3)CCC[C@@H]2[C@@H]1c1cccc([N+](=O)[O-])c1. The molecule has 0 spiro atoms. The van der Waals surface area contributed by atoms with Crippen LogP contribution in [0.5, 0.6) is 0 Å². The van der Waals surface area contributed by atoms with Crippen molar-refractivity contribution in [3.63, 3.8) is 0 Å². The third-order valence-corrected chi connectivity index (χ3v) is 6.94. The number of hydrogen-bond acceptors (Lipinski definition) is 7. The number of carboxylic acid groups (broad SMARTS) is 1. The maximum atomic E-state index is 13.8. The molecule has 5 rings (SSSR count). The highest BCUT2D eigenvalue weighted by Gasteiger charge is 2.44. The van der Waals surface area contributed by atoms with Crippen molar-refractivity contribution in [3.05, 3.63) is 121 Å². The van der Waals surface area contributed by atoms with Crippen LogP contribution in [0.3, 0.4) is 0 Å². The van der Waals surface area contributed by atoms with Crippen LogP contribution in [0.1, 0.15) is 57.1 Å². The van der Waals surface area contributed by atoms with Gasteiger partial charge in [-0.3, -0.25) is 25.0 Å². The van der Waals surface area contributed by atoms with Gasteiger partial charge in [-0.05, 0) is 54.2 Å². The van der Waals surface area contributed by atoms with Crippen LogP contribution in [0.2, 0.25) is 0 Å². The molecule has 2 atom stereocenters. The van der Waals surface area contributed by atoms with Crippen molar-refractivity contribution in [2.24, 2.45) is 11.0 Å². The summed E-state index contributed by atoms with van der Waals surface area (Å²) in [5.41, 5.74) is 2.09. The zero-order valence-corrected chi connectivity index (χ0v) is 20.5. The Balaban J connectivity index is 1.63. The zero-order valence-electron chi connectivity index (χ0n) is 20.5. The summed E-state index contributed by atoms with van der Waals surface area (Å²) in [5.74, 6) is -2.21. The minimum Gasteiger partial charge on any atom is -0.478 e. The van der Waals surface area contributed by atoms with E-state index in [4.69, 9.17) is 0 Å². The van der Waals surface area contributed by atoms with E-state index in [0.717, 1.165) is 12.0 Å². The molecule has 2 aliphatic rings. The van der Waals surface area contributed by atoms with Crippen molar-refractivity contribution in [3.8, 4) is 0 Å². The molecular formula is C28H22N4O7. The molecule has 1 aliphatic heterocycles. The molecule has 1 heterocycles. The summed E-state index contributed by atoms with van der Waals surface area (Å²) < 4.78 is 0. The van der Waals surface area contributed by atoms with Crippen LogP contribution in [-0.4, -0.2) is 37.6 Å². The number of hydrogen-bond donors (Lipinski definition) is 1. The Morgan fingerprint density at radius 2 is 1.59 bits per heavy atom. The number of benzene rings is 3. The van der Waals surface area contributed by atoms with E-state index in [0.29, 0.717) is 29.7 Å². The summed E-state index contributed by atoms with van der Waals surface area (Å²) in [6.45, 7) is 0. The summed E-state index contributed by atoms with van der Waals surface area (Å²) in [4.78, 5) is 47.5. The standard InChI is InChI=1S/C28H22N4O7/c33-27(22-11-1-2-12-23(22)28(34)35)30-26(19-8-4-10-21(16-19)32(38)39)24-13-5-7-18(25(24)29-30)14-17-6-3-9-20(15-17)31(36)37/h1-4,6,8-12,14-16,24,26H,5,7,13H2,(H,34,35)/b18-14+/t24-,26-/m0/s1. The Labute approximate surface area is 222 Å². The van der Waals surface area contributed by atoms with Gasteiger partial charge in [-0.15, -0.1) is 0 Å². The first kappa shape index (κ1) is 25.5. The van der Waals surface area contributed by atoms with Crippen LogP contribution >= 0.6 is 0 Å². The van der Waals surface area contributed by atoms with Gasteiger partial charge in [-0.25, -0.2) is 9.80 Å². The molecule has 0 bridgehead atoms. The second kappa shape index (κ2) is 10.3. The highest BCUT2D eigenvalue weighted by molar-refractivity contribution is 6.10. The van der Waals surface area contributed by atoms with Crippen molar-refractivity contribution in [2.45, 2.75) is 25.3 Å². The third kappa shape index (κ3) is 4.89. The summed E-state index contributed by atoms with van der Waals surface area (Å²) in [5, 5.41) is 38.4. The fraction of sp³-hybridized carbons (Fsp3) is 0.179. The Morgan fingerprint density at radius 3 is 2.28 bits per heavy atom. The predicted molar refractivity (Wildman–Crippen MR) is 141 cm³/mol. The molecule has 39 heavy (non-hydrogen) atoms. The average molecular weight is 527 g/mol. The van der Waals surface area contributed by atoms with Crippen LogP contribution in [0, 0.1) is 26.1 Å². The number of carbonyl (C=O) groups excluding carboxylic acids is 1. The van der Waals surface area contributed by atoms with Gasteiger partial charge in [0.25, 0.3) is 17.3 Å². The molecule has 0 radical (unpaired) electrons. The first-order valence-corrected chi connectivity index (χ1v) is 12.2. The lowest BCUT2D eigenvalue weighted by Gasteiger charge is -2.29. The Bertz CT molecular complexity index is 1580. The van der Waals surface area contributed by atoms with Crippen LogP contribution in [0.15, 0.2) is 83.5 Å². The van der Waals surface area contributed by atoms with E-state index in [-0.39, 0.29) is 28.4 Å². The molecule has 1 N–H and O–H groups in total. The van der Waals surface area contributed by atoms with E-state index in [2.05, 4.69) is 5.10 Å². The van der Waals surface area contributed by atoms with E-state index >= 15 is 0 Å². The minimum absolute atomic E-state index is 0.0485. The summed E-state index contributed by atoms with van der Waals surface area (Å²) >= 11 is 0. The van der Waals surface area contributed by atoms with Gasteiger partial charge >= 0.3 is 5.97 Å².